The summed E-state index contributed by atoms with van der Waals surface area (Å²) in [5.74, 6) is -1.08. The number of aryl methyl sites for hydroxylation is 1. The van der Waals surface area contributed by atoms with Crippen LogP contribution in [0, 0.1) is 6.92 Å². The number of carbonyl (C=O) groups excluding carboxylic acids is 1. The number of hydrogen-bond donors (Lipinski definition) is 3. The highest BCUT2D eigenvalue weighted by atomic mass is 16.4. The molecule has 0 bridgehead atoms. The van der Waals surface area contributed by atoms with Crippen molar-refractivity contribution >= 4 is 23.4 Å². The lowest BCUT2D eigenvalue weighted by Crippen LogP contribution is -2.21. The summed E-state index contributed by atoms with van der Waals surface area (Å²) in [5, 5.41) is 14.8. The molecule has 0 saturated carbocycles. The first-order valence-electron chi connectivity index (χ1n) is 7.67. The summed E-state index contributed by atoms with van der Waals surface area (Å²) in [6.07, 6.45) is 0. The minimum atomic E-state index is -1.08. The largest absolute Gasteiger partial charge is 0.477 e. The van der Waals surface area contributed by atoms with Gasteiger partial charge in [-0.3, -0.25) is 0 Å². The van der Waals surface area contributed by atoms with Crippen LogP contribution in [0.15, 0.2) is 30.3 Å². The van der Waals surface area contributed by atoms with E-state index in [4.69, 9.17) is 0 Å². The van der Waals surface area contributed by atoms with E-state index in [0.29, 0.717) is 5.69 Å². The maximum atomic E-state index is 12.2. The molecule has 3 N–H and O–H groups in total. The number of nitrogens with one attached hydrogen (secondary N) is 2. The zero-order chi connectivity index (χ0) is 18.1. The molecule has 0 aliphatic rings. The van der Waals surface area contributed by atoms with Crippen molar-refractivity contribution in [1.29, 1.82) is 0 Å². The Morgan fingerprint density at radius 3 is 2.17 bits per heavy atom. The van der Waals surface area contributed by atoms with E-state index in [1.165, 1.54) is 0 Å². The van der Waals surface area contributed by atoms with Crippen LogP contribution in [-0.4, -0.2) is 21.7 Å². The highest BCUT2D eigenvalue weighted by Crippen LogP contribution is 2.30. The Morgan fingerprint density at radius 2 is 1.67 bits per heavy atom. The number of urea groups is 1. The van der Waals surface area contributed by atoms with E-state index in [-0.39, 0.29) is 16.8 Å². The molecule has 0 aliphatic heterocycles. The van der Waals surface area contributed by atoms with Crippen LogP contribution in [-0.2, 0) is 12.5 Å². The number of carboxylic acid groups (broad SMARTS) is 1. The lowest BCUT2D eigenvalue weighted by Gasteiger charge is -2.19. The Kier molecular flexibility index (Phi) is 4.68. The van der Waals surface area contributed by atoms with Gasteiger partial charge in [0.25, 0.3) is 0 Å². The van der Waals surface area contributed by atoms with Gasteiger partial charge in [0.05, 0.1) is 5.69 Å². The van der Waals surface area contributed by atoms with E-state index in [9.17, 15) is 14.7 Å². The molecule has 1 aromatic heterocycles. The predicted molar refractivity (Wildman–Crippen MR) is 94.9 cm³/mol. The molecule has 128 valence electrons. The molecule has 0 unspecified atom stereocenters. The summed E-state index contributed by atoms with van der Waals surface area (Å²) in [4.78, 5) is 23.8. The number of hydrogen-bond acceptors (Lipinski definition) is 2. The molecule has 2 amide bonds. The van der Waals surface area contributed by atoms with Crippen LogP contribution in [0.1, 0.15) is 42.5 Å². The van der Waals surface area contributed by atoms with E-state index in [0.717, 1.165) is 11.3 Å². The normalized spacial score (nSPS) is 11.2. The SMILES string of the molecule is Cc1ccc(NC(=O)Nc2cc(C(C)(C)C)n(C)c2C(=O)O)cc1. The quantitative estimate of drug-likeness (QED) is 0.796. The number of benzene rings is 1. The first kappa shape index (κ1) is 17.6. The average molecular weight is 329 g/mol. The van der Waals surface area contributed by atoms with Crippen molar-refractivity contribution in [2.45, 2.75) is 33.1 Å². The maximum absolute atomic E-state index is 12.2. The van der Waals surface area contributed by atoms with Crippen molar-refractivity contribution in [2.75, 3.05) is 10.6 Å². The highest BCUT2D eigenvalue weighted by Gasteiger charge is 2.26. The van der Waals surface area contributed by atoms with Gasteiger partial charge >= 0.3 is 12.0 Å². The van der Waals surface area contributed by atoms with Crippen molar-refractivity contribution in [3.05, 3.63) is 47.3 Å². The third kappa shape index (κ3) is 3.76. The second-order valence-corrected chi connectivity index (χ2v) is 6.85. The summed E-state index contributed by atoms with van der Waals surface area (Å²) < 4.78 is 1.60. The maximum Gasteiger partial charge on any atom is 0.354 e. The van der Waals surface area contributed by atoms with Crippen molar-refractivity contribution in [3.63, 3.8) is 0 Å². The smallest absolute Gasteiger partial charge is 0.354 e. The standard InChI is InChI=1S/C18H23N3O3/c1-11-6-8-12(9-7-11)19-17(24)20-13-10-14(18(2,3)4)21(5)15(13)16(22)23/h6-10H,1-5H3,(H,22,23)(H2,19,20,24). The van der Waals surface area contributed by atoms with Gasteiger partial charge in [-0.2, -0.15) is 0 Å². The van der Waals surface area contributed by atoms with Gasteiger partial charge in [-0.1, -0.05) is 38.5 Å². The number of aromatic carboxylic acids is 1. The van der Waals surface area contributed by atoms with Gasteiger partial charge in [0.15, 0.2) is 5.69 Å². The van der Waals surface area contributed by atoms with Crippen molar-refractivity contribution in [1.82, 2.24) is 4.57 Å². The summed E-state index contributed by atoms with van der Waals surface area (Å²) in [7, 11) is 1.69. The van der Waals surface area contributed by atoms with Gasteiger partial charge in [0, 0.05) is 23.8 Å². The average Bonchev–Trinajstić information content (AvgIpc) is 2.78. The molecule has 2 rings (SSSR count). The Morgan fingerprint density at radius 1 is 1.08 bits per heavy atom. The monoisotopic (exact) mass is 329 g/mol. The third-order valence-corrected chi connectivity index (χ3v) is 3.76. The zero-order valence-corrected chi connectivity index (χ0v) is 14.6. The van der Waals surface area contributed by atoms with Crippen LogP contribution in [0.5, 0.6) is 0 Å². The van der Waals surface area contributed by atoms with Gasteiger partial charge in [-0.15, -0.1) is 0 Å². The highest BCUT2D eigenvalue weighted by molar-refractivity contribution is 6.04. The Labute approximate surface area is 141 Å². The van der Waals surface area contributed by atoms with Crippen molar-refractivity contribution in [2.24, 2.45) is 7.05 Å². The van der Waals surface area contributed by atoms with Crippen LogP contribution in [0.3, 0.4) is 0 Å². The molecule has 0 aliphatic carbocycles. The first-order valence-corrected chi connectivity index (χ1v) is 7.67. The molecule has 1 heterocycles. The van der Waals surface area contributed by atoms with E-state index in [1.807, 2.05) is 39.8 Å². The number of carboxylic acids is 1. The fourth-order valence-electron chi connectivity index (χ4n) is 2.60. The van der Waals surface area contributed by atoms with Crippen LogP contribution in [0.4, 0.5) is 16.2 Å². The molecule has 0 atom stereocenters. The minimum absolute atomic E-state index is 0.0546. The van der Waals surface area contributed by atoms with E-state index in [2.05, 4.69) is 10.6 Å². The second kappa shape index (κ2) is 6.39. The summed E-state index contributed by atoms with van der Waals surface area (Å²) >= 11 is 0. The molecule has 24 heavy (non-hydrogen) atoms. The number of aromatic nitrogens is 1. The lowest BCUT2D eigenvalue weighted by molar-refractivity contribution is 0.0687. The summed E-state index contributed by atoms with van der Waals surface area (Å²) in [6, 6.07) is 8.58. The molecule has 1 aromatic carbocycles. The fourth-order valence-corrected chi connectivity index (χ4v) is 2.60. The molecule has 0 saturated heterocycles. The molecular formula is C18H23N3O3. The van der Waals surface area contributed by atoms with Gasteiger partial charge in [0.2, 0.25) is 0 Å². The molecule has 6 heteroatoms. The molecule has 0 fully saturated rings. The van der Waals surface area contributed by atoms with Gasteiger partial charge in [-0.05, 0) is 25.1 Å². The molecule has 6 nitrogen and oxygen atoms in total. The molecule has 0 radical (unpaired) electrons. The third-order valence-electron chi connectivity index (χ3n) is 3.76. The number of carbonyl (C=O) groups is 2. The fraction of sp³-hybridized carbons (Fsp3) is 0.333. The Balaban J connectivity index is 2.26. The number of rotatable bonds is 3. The van der Waals surface area contributed by atoms with Crippen molar-refractivity contribution < 1.29 is 14.7 Å². The first-order chi connectivity index (χ1) is 11.1. The van der Waals surface area contributed by atoms with Crippen LogP contribution < -0.4 is 10.6 Å². The van der Waals surface area contributed by atoms with Gasteiger partial charge in [-0.25, -0.2) is 9.59 Å². The molecular weight excluding hydrogens is 306 g/mol. The van der Waals surface area contributed by atoms with Crippen LogP contribution in [0.25, 0.3) is 0 Å². The number of amides is 2. The summed E-state index contributed by atoms with van der Waals surface area (Å²) in [6.45, 7) is 7.93. The second-order valence-electron chi connectivity index (χ2n) is 6.85. The summed E-state index contributed by atoms with van der Waals surface area (Å²) in [5.41, 5.74) is 2.64. The van der Waals surface area contributed by atoms with Crippen LogP contribution >= 0.6 is 0 Å². The number of nitrogens with zero attached hydrogens (tertiary/aromatic N) is 1. The Hall–Kier alpha value is -2.76. The lowest BCUT2D eigenvalue weighted by atomic mass is 9.92. The zero-order valence-electron chi connectivity index (χ0n) is 14.6. The van der Waals surface area contributed by atoms with Gasteiger partial charge in [0.1, 0.15) is 0 Å². The Bertz CT molecular complexity index is 768. The van der Waals surface area contributed by atoms with Gasteiger partial charge < -0.3 is 20.3 Å². The van der Waals surface area contributed by atoms with E-state index in [1.54, 1.807) is 29.8 Å². The topological polar surface area (TPSA) is 83.4 Å². The number of anilines is 2. The minimum Gasteiger partial charge on any atom is -0.477 e. The predicted octanol–water partition coefficient (Wildman–Crippen LogP) is 3.97. The van der Waals surface area contributed by atoms with E-state index < -0.39 is 12.0 Å². The van der Waals surface area contributed by atoms with Crippen LogP contribution in [0.2, 0.25) is 0 Å². The van der Waals surface area contributed by atoms with E-state index >= 15 is 0 Å². The van der Waals surface area contributed by atoms with Crippen molar-refractivity contribution in [3.8, 4) is 0 Å². The molecule has 2 aromatic rings. The molecule has 0 spiro atoms.